The summed E-state index contributed by atoms with van der Waals surface area (Å²) in [5.74, 6) is 1.05. The van der Waals surface area contributed by atoms with Gasteiger partial charge in [-0.3, -0.25) is 4.79 Å². The van der Waals surface area contributed by atoms with E-state index in [1.165, 1.54) is 0 Å². The van der Waals surface area contributed by atoms with Crippen molar-refractivity contribution in [1.82, 2.24) is 14.9 Å². The number of halogens is 1. The third-order valence-corrected chi connectivity index (χ3v) is 4.30. The molecule has 1 atom stereocenters. The van der Waals surface area contributed by atoms with E-state index >= 15 is 0 Å². The Morgan fingerprint density at radius 1 is 1.43 bits per heavy atom. The van der Waals surface area contributed by atoms with Gasteiger partial charge in [0, 0.05) is 35.4 Å². The zero-order valence-electron chi connectivity index (χ0n) is 11.8. The Morgan fingerprint density at radius 2 is 2.29 bits per heavy atom. The van der Waals surface area contributed by atoms with Gasteiger partial charge in [-0.25, -0.2) is 9.97 Å². The fraction of sp³-hybridized carbons (Fsp3) is 0.400. The summed E-state index contributed by atoms with van der Waals surface area (Å²) >= 11 is 3.51. The fourth-order valence-electron chi connectivity index (χ4n) is 2.67. The van der Waals surface area contributed by atoms with Crippen LogP contribution < -0.4 is 5.32 Å². The molecule has 0 unspecified atom stereocenters. The minimum absolute atomic E-state index is 0.143. The summed E-state index contributed by atoms with van der Waals surface area (Å²) in [4.78, 5) is 22.2. The largest absolute Gasteiger partial charge is 0.365 e. The molecular weight excluding hydrogens is 332 g/mol. The van der Waals surface area contributed by atoms with Crippen LogP contribution in [-0.2, 0) is 4.79 Å². The molecule has 6 heteroatoms. The first-order chi connectivity index (χ1) is 10.1. The standard InChI is InChI=1S/C15H17BrN4O/c1-10(8-20-7-3-6-13(20)21)19-15-11-4-2-5-12(16)14(11)17-9-18-15/h2,4-5,9-10H,3,6-8H2,1H3,(H,17,18,19)/t10-/m0/s1. The van der Waals surface area contributed by atoms with Crippen LogP contribution in [0, 0.1) is 0 Å². The summed E-state index contributed by atoms with van der Waals surface area (Å²) in [6.45, 7) is 3.64. The zero-order valence-corrected chi connectivity index (χ0v) is 13.4. The summed E-state index contributed by atoms with van der Waals surface area (Å²) in [6.07, 6.45) is 3.20. The van der Waals surface area contributed by atoms with Gasteiger partial charge in [0.1, 0.15) is 12.1 Å². The highest BCUT2D eigenvalue weighted by atomic mass is 79.9. The van der Waals surface area contributed by atoms with E-state index in [0.717, 1.165) is 34.2 Å². The monoisotopic (exact) mass is 348 g/mol. The Balaban J connectivity index is 1.78. The van der Waals surface area contributed by atoms with Gasteiger partial charge in [0.05, 0.1) is 5.52 Å². The molecule has 1 aliphatic rings. The molecule has 1 aromatic heterocycles. The van der Waals surface area contributed by atoms with Gasteiger partial charge < -0.3 is 10.2 Å². The molecular formula is C15H17BrN4O. The van der Waals surface area contributed by atoms with Crippen molar-refractivity contribution in [2.24, 2.45) is 0 Å². The summed E-state index contributed by atoms with van der Waals surface area (Å²) in [5.41, 5.74) is 0.888. The second kappa shape index (κ2) is 5.97. The number of para-hydroxylation sites is 1. The average molecular weight is 349 g/mol. The van der Waals surface area contributed by atoms with E-state index in [4.69, 9.17) is 0 Å². The molecule has 0 bridgehead atoms. The van der Waals surface area contributed by atoms with Gasteiger partial charge in [-0.1, -0.05) is 6.07 Å². The molecule has 1 aromatic carbocycles. The maximum Gasteiger partial charge on any atom is 0.222 e. The minimum Gasteiger partial charge on any atom is -0.365 e. The first kappa shape index (κ1) is 14.3. The SMILES string of the molecule is C[C@@H](CN1CCCC1=O)Nc1ncnc2c(Br)cccc12. The molecule has 1 aliphatic heterocycles. The molecule has 0 spiro atoms. The average Bonchev–Trinajstić information content (AvgIpc) is 2.85. The van der Waals surface area contributed by atoms with Gasteiger partial charge in [0.2, 0.25) is 5.91 Å². The molecule has 0 saturated carbocycles. The number of benzene rings is 1. The third-order valence-electron chi connectivity index (χ3n) is 3.66. The molecule has 0 radical (unpaired) electrons. The highest BCUT2D eigenvalue weighted by molar-refractivity contribution is 9.10. The van der Waals surface area contributed by atoms with E-state index in [1.54, 1.807) is 6.33 Å². The first-order valence-corrected chi connectivity index (χ1v) is 7.88. The fourth-order valence-corrected chi connectivity index (χ4v) is 3.14. The lowest BCUT2D eigenvalue weighted by molar-refractivity contribution is -0.127. The molecule has 2 heterocycles. The van der Waals surface area contributed by atoms with E-state index in [0.29, 0.717) is 13.0 Å². The summed E-state index contributed by atoms with van der Waals surface area (Å²) < 4.78 is 0.952. The highest BCUT2D eigenvalue weighted by Gasteiger charge is 2.22. The first-order valence-electron chi connectivity index (χ1n) is 7.08. The number of nitrogens with one attached hydrogen (secondary N) is 1. The van der Waals surface area contributed by atoms with Crippen molar-refractivity contribution in [2.75, 3.05) is 18.4 Å². The van der Waals surface area contributed by atoms with Crippen LogP contribution in [0.4, 0.5) is 5.82 Å². The van der Waals surface area contributed by atoms with Crippen LogP contribution in [0.3, 0.4) is 0 Å². The smallest absolute Gasteiger partial charge is 0.222 e. The quantitative estimate of drug-likeness (QED) is 0.922. The van der Waals surface area contributed by atoms with Gasteiger partial charge in [0.25, 0.3) is 0 Å². The number of fused-ring (bicyclic) bond motifs is 1. The predicted octanol–water partition coefficient (Wildman–Crippen LogP) is 2.82. The Labute approximate surface area is 131 Å². The van der Waals surface area contributed by atoms with Crippen LogP contribution in [0.15, 0.2) is 29.0 Å². The van der Waals surface area contributed by atoms with Gasteiger partial charge in [-0.05, 0) is 41.4 Å². The van der Waals surface area contributed by atoms with E-state index in [9.17, 15) is 4.79 Å². The Kier molecular flexibility index (Phi) is 4.05. The van der Waals surface area contributed by atoms with Crippen LogP contribution in [0.5, 0.6) is 0 Å². The van der Waals surface area contributed by atoms with Crippen LogP contribution >= 0.6 is 15.9 Å². The summed E-state index contributed by atoms with van der Waals surface area (Å²) in [7, 11) is 0. The topological polar surface area (TPSA) is 58.1 Å². The maximum atomic E-state index is 11.7. The highest BCUT2D eigenvalue weighted by Crippen LogP contribution is 2.26. The zero-order chi connectivity index (χ0) is 14.8. The van der Waals surface area contributed by atoms with Crippen molar-refractivity contribution in [3.05, 3.63) is 29.0 Å². The van der Waals surface area contributed by atoms with Gasteiger partial charge in [-0.15, -0.1) is 0 Å². The molecule has 110 valence electrons. The van der Waals surface area contributed by atoms with Gasteiger partial charge in [0.15, 0.2) is 0 Å². The number of anilines is 1. The van der Waals surface area contributed by atoms with Crippen LogP contribution in [0.1, 0.15) is 19.8 Å². The van der Waals surface area contributed by atoms with Crippen molar-refractivity contribution in [3.8, 4) is 0 Å². The van der Waals surface area contributed by atoms with Crippen molar-refractivity contribution in [1.29, 1.82) is 0 Å². The summed E-state index contributed by atoms with van der Waals surface area (Å²) in [6, 6.07) is 6.07. The van der Waals surface area contributed by atoms with E-state index in [1.807, 2.05) is 23.1 Å². The molecule has 1 fully saturated rings. The molecule has 5 nitrogen and oxygen atoms in total. The Morgan fingerprint density at radius 3 is 3.05 bits per heavy atom. The lowest BCUT2D eigenvalue weighted by Gasteiger charge is -2.22. The second-order valence-corrected chi connectivity index (χ2v) is 6.20. The Bertz CT molecular complexity index is 676. The normalized spacial score (nSPS) is 16.5. The minimum atomic E-state index is 0.143. The molecule has 1 N–H and O–H groups in total. The molecule has 2 aromatic rings. The second-order valence-electron chi connectivity index (χ2n) is 5.35. The van der Waals surface area contributed by atoms with E-state index in [-0.39, 0.29) is 11.9 Å². The summed E-state index contributed by atoms with van der Waals surface area (Å²) in [5, 5.41) is 4.37. The molecule has 0 aliphatic carbocycles. The third kappa shape index (κ3) is 3.00. The predicted molar refractivity (Wildman–Crippen MR) is 86.1 cm³/mol. The number of carbonyl (C=O) groups is 1. The lowest BCUT2D eigenvalue weighted by Crippen LogP contribution is -2.35. The number of hydrogen-bond donors (Lipinski definition) is 1. The van der Waals surface area contributed by atoms with Gasteiger partial charge >= 0.3 is 0 Å². The number of amides is 1. The van der Waals surface area contributed by atoms with Gasteiger partial charge in [-0.2, -0.15) is 0 Å². The van der Waals surface area contributed by atoms with Crippen molar-refractivity contribution >= 4 is 38.6 Å². The number of rotatable bonds is 4. The molecule has 3 rings (SSSR count). The van der Waals surface area contributed by atoms with Crippen LogP contribution in [0.2, 0.25) is 0 Å². The van der Waals surface area contributed by atoms with Crippen molar-refractivity contribution in [3.63, 3.8) is 0 Å². The molecule has 1 amide bonds. The number of likely N-dealkylation sites (tertiary alicyclic amines) is 1. The number of aromatic nitrogens is 2. The van der Waals surface area contributed by atoms with E-state index in [2.05, 4.69) is 38.1 Å². The van der Waals surface area contributed by atoms with Crippen molar-refractivity contribution in [2.45, 2.75) is 25.8 Å². The number of carbonyl (C=O) groups excluding carboxylic acids is 1. The lowest BCUT2D eigenvalue weighted by atomic mass is 10.2. The van der Waals surface area contributed by atoms with E-state index < -0.39 is 0 Å². The van der Waals surface area contributed by atoms with Crippen molar-refractivity contribution < 1.29 is 4.79 Å². The van der Waals surface area contributed by atoms with Crippen LogP contribution in [0.25, 0.3) is 10.9 Å². The van der Waals surface area contributed by atoms with Crippen LogP contribution in [-0.4, -0.2) is 39.9 Å². The number of hydrogen-bond acceptors (Lipinski definition) is 4. The molecule has 1 saturated heterocycles. The maximum absolute atomic E-state index is 11.7. The number of nitrogens with zero attached hydrogens (tertiary/aromatic N) is 3. The Hall–Kier alpha value is -1.69. The molecule has 21 heavy (non-hydrogen) atoms.